The molecule has 106 valence electrons. The van der Waals surface area contributed by atoms with Gasteiger partial charge in [-0.05, 0) is 42.3 Å². The lowest BCUT2D eigenvalue weighted by Gasteiger charge is -2.01. The molecular formula is C16H16N4S. The molecule has 0 atom stereocenters. The van der Waals surface area contributed by atoms with Crippen molar-refractivity contribution in [3.63, 3.8) is 0 Å². The lowest BCUT2D eigenvalue weighted by atomic mass is 10.2. The molecule has 0 aliphatic carbocycles. The van der Waals surface area contributed by atoms with Crippen LogP contribution >= 0.6 is 12.6 Å². The van der Waals surface area contributed by atoms with Crippen LogP contribution in [0.25, 0.3) is 4.91 Å². The summed E-state index contributed by atoms with van der Waals surface area (Å²) in [7, 11) is 0. The molecule has 0 spiro atoms. The smallest absolute Gasteiger partial charge is 0.125 e. The molecule has 0 radical (unpaired) electrons. The van der Waals surface area contributed by atoms with Gasteiger partial charge in [-0.3, -0.25) is 4.98 Å². The third-order valence-electron chi connectivity index (χ3n) is 2.75. The van der Waals surface area contributed by atoms with E-state index in [2.05, 4.69) is 22.6 Å². The van der Waals surface area contributed by atoms with Crippen LogP contribution in [-0.4, -0.2) is 17.0 Å². The summed E-state index contributed by atoms with van der Waals surface area (Å²) in [6.07, 6.45) is 4.71. The molecule has 0 aliphatic heterocycles. The topological polar surface area (TPSA) is 75.1 Å². The monoisotopic (exact) mass is 296 g/mol. The zero-order chi connectivity index (χ0) is 15.2. The van der Waals surface area contributed by atoms with Crippen molar-refractivity contribution in [2.75, 3.05) is 0 Å². The molecule has 2 rings (SSSR count). The highest BCUT2D eigenvalue weighted by atomic mass is 32.1. The average molecular weight is 296 g/mol. The van der Waals surface area contributed by atoms with Crippen LogP contribution in [-0.2, 0) is 0 Å². The predicted molar refractivity (Wildman–Crippen MR) is 91.5 cm³/mol. The average Bonchev–Trinajstić information content (AvgIpc) is 2.47. The van der Waals surface area contributed by atoms with E-state index in [4.69, 9.17) is 11.1 Å². The van der Waals surface area contributed by atoms with Crippen LogP contribution < -0.4 is 5.73 Å². The van der Waals surface area contributed by atoms with Gasteiger partial charge in [0.1, 0.15) is 5.84 Å². The number of nitrogens with zero attached hydrogens (tertiary/aromatic N) is 2. The van der Waals surface area contributed by atoms with Gasteiger partial charge in [0.15, 0.2) is 0 Å². The molecule has 5 heteroatoms. The molecule has 0 saturated carbocycles. The van der Waals surface area contributed by atoms with E-state index in [0.29, 0.717) is 16.4 Å². The van der Waals surface area contributed by atoms with Crippen molar-refractivity contribution in [2.45, 2.75) is 6.92 Å². The lowest BCUT2D eigenvalue weighted by molar-refractivity contribution is 1.24. The number of nitrogens with one attached hydrogen (secondary N) is 1. The van der Waals surface area contributed by atoms with Crippen LogP contribution in [0.5, 0.6) is 0 Å². The molecular weight excluding hydrogens is 280 g/mol. The van der Waals surface area contributed by atoms with E-state index in [9.17, 15) is 0 Å². The minimum absolute atomic E-state index is 0.338. The molecule has 3 N–H and O–H groups in total. The van der Waals surface area contributed by atoms with Gasteiger partial charge in [0, 0.05) is 17.3 Å². The highest BCUT2D eigenvalue weighted by Gasteiger charge is 2.00. The van der Waals surface area contributed by atoms with E-state index in [-0.39, 0.29) is 0 Å². The molecule has 0 unspecified atom stereocenters. The summed E-state index contributed by atoms with van der Waals surface area (Å²) in [5, 5.41) is 7.23. The minimum Gasteiger partial charge on any atom is -0.384 e. The Morgan fingerprint density at radius 1 is 1.33 bits per heavy atom. The maximum atomic E-state index is 7.23. The normalized spacial score (nSPS) is 12.3. The standard InChI is InChI=1S/C16H16N4S/c1-11-5-6-14(19-10-11)15(21)8-16(18)20-13-4-2-3-12(7-13)9-17/h2-10,17,21H,1H3,(H2,18,20)/b15-8-,17-9?. The number of pyridine rings is 1. The van der Waals surface area contributed by atoms with Crippen molar-refractivity contribution in [1.82, 2.24) is 4.98 Å². The highest BCUT2D eigenvalue weighted by Crippen LogP contribution is 2.17. The number of hydrogen-bond acceptors (Lipinski definition) is 4. The van der Waals surface area contributed by atoms with Crippen molar-refractivity contribution >= 4 is 35.3 Å². The fourth-order valence-electron chi connectivity index (χ4n) is 1.70. The number of hydrogen-bond donors (Lipinski definition) is 3. The van der Waals surface area contributed by atoms with Crippen molar-refractivity contribution < 1.29 is 0 Å². The van der Waals surface area contributed by atoms with E-state index >= 15 is 0 Å². The van der Waals surface area contributed by atoms with Crippen molar-refractivity contribution in [1.29, 1.82) is 5.41 Å². The summed E-state index contributed by atoms with van der Waals surface area (Å²) in [4.78, 5) is 9.22. The van der Waals surface area contributed by atoms with Crippen LogP contribution in [0.4, 0.5) is 5.69 Å². The summed E-state index contributed by atoms with van der Waals surface area (Å²) in [6.45, 7) is 1.98. The fraction of sp³-hybridized carbons (Fsp3) is 0.0625. The zero-order valence-corrected chi connectivity index (χ0v) is 12.5. The molecule has 0 fully saturated rings. The van der Waals surface area contributed by atoms with Gasteiger partial charge >= 0.3 is 0 Å². The molecule has 0 aliphatic rings. The minimum atomic E-state index is 0.338. The SMILES string of the molecule is Cc1ccc(/C(S)=C/C(N)=Nc2cccc(C=N)c2)nc1. The number of aliphatic imine (C=N–C) groups is 1. The number of aromatic nitrogens is 1. The van der Waals surface area contributed by atoms with Gasteiger partial charge in [-0.1, -0.05) is 18.2 Å². The maximum absolute atomic E-state index is 7.23. The molecule has 21 heavy (non-hydrogen) atoms. The predicted octanol–water partition coefficient (Wildman–Crippen LogP) is 3.35. The Hall–Kier alpha value is -2.40. The second-order valence-electron chi connectivity index (χ2n) is 4.53. The number of rotatable bonds is 4. The molecule has 2 aromatic rings. The summed E-state index contributed by atoms with van der Waals surface area (Å²) in [6, 6.07) is 11.1. The number of nitrogens with two attached hydrogens (primary N) is 1. The Morgan fingerprint density at radius 3 is 2.81 bits per heavy atom. The van der Waals surface area contributed by atoms with Gasteiger partial charge in [-0.25, -0.2) is 4.99 Å². The second-order valence-corrected chi connectivity index (χ2v) is 5.01. The van der Waals surface area contributed by atoms with E-state index in [1.165, 1.54) is 6.21 Å². The van der Waals surface area contributed by atoms with E-state index in [1.54, 1.807) is 18.3 Å². The van der Waals surface area contributed by atoms with Gasteiger partial charge in [0.2, 0.25) is 0 Å². The molecule has 0 saturated heterocycles. The third kappa shape index (κ3) is 4.29. The Morgan fingerprint density at radius 2 is 2.14 bits per heavy atom. The molecule has 1 aromatic carbocycles. The van der Waals surface area contributed by atoms with E-state index in [0.717, 1.165) is 16.8 Å². The molecule has 0 bridgehead atoms. The van der Waals surface area contributed by atoms with Gasteiger partial charge in [0.05, 0.1) is 11.4 Å². The summed E-state index contributed by atoms with van der Waals surface area (Å²) in [5.74, 6) is 0.338. The number of aryl methyl sites for hydroxylation is 1. The van der Waals surface area contributed by atoms with Crippen molar-refractivity contribution in [2.24, 2.45) is 10.7 Å². The summed E-state index contributed by atoms with van der Waals surface area (Å²) < 4.78 is 0. The van der Waals surface area contributed by atoms with E-state index < -0.39 is 0 Å². The van der Waals surface area contributed by atoms with Crippen LogP contribution in [0.1, 0.15) is 16.8 Å². The molecule has 1 aromatic heterocycles. The van der Waals surface area contributed by atoms with Crippen LogP contribution in [0, 0.1) is 12.3 Å². The van der Waals surface area contributed by atoms with Gasteiger partial charge in [-0.15, -0.1) is 12.6 Å². The Kier molecular flexibility index (Phi) is 4.90. The second kappa shape index (κ2) is 6.85. The van der Waals surface area contributed by atoms with Crippen molar-refractivity contribution in [3.05, 3.63) is 65.5 Å². The molecule has 1 heterocycles. The summed E-state index contributed by atoms with van der Waals surface area (Å²) in [5.41, 5.74) is 9.21. The largest absolute Gasteiger partial charge is 0.384 e. The first kappa shape index (κ1) is 15.0. The van der Waals surface area contributed by atoms with E-state index in [1.807, 2.05) is 37.3 Å². The van der Waals surface area contributed by atoms with Crippen LogP contribution in [0.2, 0.25) is 0 Å². The van der Waals surface area contributed by atoms with Gasteiger partial charge in [0.25, 0.3) is 0 Å². The first-order chi connectivity index (χ1) is 10.1. The van der Waals surface area contributed by atoms with Gasteiger partial charge in [-0.2, -0.15) is 0 Å². The fourth-order valence-corrected chi connectivity index (χ4v) is 1.96. The van der Waals surface area contributed by atoms with Crippen LogP contribution in [0.3, 0.4) is 0 Å². The highest BCUT2D eigenvalue weighted by molar-refractivity contribution is 7.90. The molecule has 0 amide bonds. The molecule has 4 nitrogen and oxygen atoms in total. The zero-order valence-electron chi connectivity index (χ0n) is 11.6. The Labute approximate surface area is 129 Å². The Bertz CT molecular complexity index is 702. The maximum Gasteiger partial charge on any atom is 0.125 e. The Balaban J connectivity index is 2.24. The number of amidine groups is 1. The first-order valence-corrected chi connectivity index (χ1v) is 6.81. The first-order valence-electron chi connectivity index (χ1n) is 6.37. The van der Waals surface area contributed by atoms with Gasteiger partial charge < -0.3 is 11.1 Å². The lowest BCUT2D eigenvalue weighted by Crippen LogP contribution is -2.07. The van der Waals surface area contributed by atoms with Crippen LogP contribution in [0.15, 0.2) is 53.7 Å². The quantitative estimate of drug-likeness (QED) is 0.460. The van der Waals surface area contributed by atoms with Crippen molar-refractivity contribution in [3.8, 4) is 0 Å². The number of benzene rings is 1. The summed E-state index contributed by atoms with van der Waals surface area (Å²) >= 11 is 4.40. The third-order valence-corrected chi connectivity index (χ3v) is 3.11. The number of thiol groups is 1.